The number of nitrogens with one attached hydrogen (secondary N) is 2. The van der Waals surface area contributed by atoms with Crippen LogP contribution in [0.25, 0.3) is 0 Å². The Hall–Kier alpha value is -2.06. The van der Waals surface area contributed by atoms with Crippen LogP contribution in [0.5, 0.6) is 0 Å². The lowest BCUT2D eigenvalue weighted by Crippen LogP contribution is -2.46. The molecule has 0 bridgehead atoms. The lowest BCUT2D eigenvalue weighted by atomic mass is 9.95. The zero-order chi connectivity index (χ0) is 15.8. The van der Waals surface area contributed by atoms with E-state index in [0.29, 0.717) is 12.1 Å². The van der Waals surface area contributed by atoms with Crippen molar-refractivity contribution in [3.8, 4) is 6.07 Å². The number of nitriles is 1. The molecule has 1 aromatic rings. The van der Waals surface area contributed by atoms with E-state index in [0.717, 1.165) is 44.1 Å². The third kappa shape index (κ3) is 5.05. The molecular weight excluding hydrogens is 278 g/mol. The molecule has 1 aromatic carbocycles. The molecule has 5 nitrogen and oxygen atoms in total. The lowest BCUT2D eigenvalue weighted by molar-refractivity contribution is 0.0277. The normalized spacial score (nSPS) is 17.1. The lowest BCUT2D eigenvalue weighted by Gasteiger charge is -2.26. The predicted octanol–water partition coefficient (Wildman–Crippen LogP) is 2.44. The van der Waals surface area contributed by atoms with Gasteiger partial charge in [0.15, 0.2) is 0 Å². The first-order chi connectivity index (χ1) is 10.6. The molecule has 22 heavy (non-hydrogen) atoms. The summed E-state index contributed by atoms with van der Waals surface area (Å²) in [5.74, 6) is 0. The number of carbonyl (C=O) groups excluding carboxylic acids is 1. The van der Waals surface area contributed by atoms with Crippen molar-refractivity contribution in [2.75, 3.05) is 6.54 Å². The third-order valence-corrected chi connectivity index (χ3v) is 4.12. The predicted molar refractivity (Wildman–Crippen MR) is 84.0 cm³/mol. The molecule has 1 aliphatic carbocycles. The average molecular weight is 301 g/mol. The molecule has 0 aliphatic heterocycles. The summed E-state index contributed by atoms with van der Waals surface area (Å²) >= 11 is 0. The van der Waals surface area contributed by atoms with E-state index in [1.807, 2.05) is 6.07 Å². The van der Waals surface area contributed by atoms with Gasteiger partial charge in [0.2, 0.25) is 0 Å². The topological polar surface area (TPSA) is 85.2 Å². The Labute approximate surface area is 131 Å². The van der Waals surface area contributed by atoms with E-state index in [9.17, 15) is 9.90 Å². The summed E-state index contributed by atoms with van der Waals surface area (Å²) in [7, 11) is 0. The highest BCUT2D eigenvalue weighted by Crippen LogP contribution is 2.26. The molecular formula is C17H23N3O2. The highest BCUT2D eigenvalue weighted by Gasteiger charge is 2.28. The molecule has 1 saturated carbocycles. The number of amides is 2. The second-order valence-corrected chi connectivity index (χ2v) is 5.99. The molecule has 5 heteroatoms. The van der Waals surface area contributed by atoms with Crippen molar-refractivity contribution >= 4 is 6.03 Å². The number of rotatable bonds is 4. The van der Waals surface area contributed by atoms with Crippen LogP contribution in [0.4, 0.5) is 4.79 Å². The minimum absolute atomic E-state index is 0.289. The van der Waals surface area contributed by atoms with Crippen molar-refractivity contribution in [1.82, 2.24) is 10.6 Å². The van der Waals surface area contributed by atoms with Crippen molar-refractivity contribution in [3.63, 3.8) is 0 Å². The molecule has 0 atom stereocenters. The van der Waals surface area contributed by atoms with Crippen LogP contribution in [-0.4, -0.2) is 23.3 Å². The number of benzene rings is 1. The Balaban J connectivity index is 1.76. The first-order valence-corrected chi connectivity index (χ1v) is 7.84. The maximum absolute atomic E-state index is 11.8. The van der Waals surface area contributed by atoms with Gasteiger partial charge in [-0.05, 0) is 30.5 Å². The number of carbonyl (C=O) groups is 1. The summed E-state index contributed by atoms with van der Waals surface area (Å²) in [5.41, 5.74) is 0.684. The summed E-state index contributed by atoms with van der Waals surface area (Å²) in [5, 5.41) is 24.8. The second-order valence-electron chi connectivity index (χ2n) is 5.99. The minimum atomic E-state index is -0.769. The van der Waals surface area contributed by atoms with Crippen molar-refractivity contribution in [2.45, 2.75) is 50.7 Å². The van der Waals surface area contributed by atoms with Crippen LogP contribution in [0.15, 0.2) is 24.3 Å². The second kappa shape index (κ2) is 7.81. The standard InChI is InChI=1S/C17H23N3O2/c18-11-14-6-5-7-15(10-14)12-19-16(21)20-13-17(22)8-3-1-2-4-9-17/h5-7,10,22H,1-4,8-9,12-13H2,(H2,19,20,21). The molecule has 2 amide bonds. The summed E-state index contributed by atoms with van der Waals surface area (Å²) in [6.45, 7) is 0.650. The summed E-state index contributed by atoms with van der Waals surface area (Å²) in [6, 6.07) is 8.91. The van der Waals surface area contributed by atoms with Crippen LogP contribution in [-0.2, 0) is 6.54 Å². The zero-order valence-electron chi connectivity index (χ0n) is 12.8. The molecule has 0 unspecified atom stereocenters. The fraction of sp³-hybridized carbons (Fsp3) is 0.529. The van der Waals surface area contributed by atoms with Crippen LogP contribution in [0, 0.1) is 11.3 Å². The SMILES string of the molecule is N#Cc1cccc(CNC(=O)NCC2(O)CCCCCC2)c1. The highest BCUT2D eigenvalue weighted by molar-refractivity contribution is 5.73. The van der Waals surface area contributed by atoms with Gasteiger partial charge in [-0.25, -0.2) is 4.79 Å². The van der Waals surface area contributed by atoms with Gasteiger partial charge in [0, 0.05) is 13.1 Å². The Bertz CT molecular complexity index is 543. The number of nitrogens with zero attached hydrogens (tertiary/aromatic N) is 1. The number of hydrogen-bond acceptors (Lipinski definition) is 3. The fourth-order valence-corrected chi connectivity index (χ4v) is 2.80. The van der Waals surface area contributed by atoms with E-state index in [-0.39, 0.29) is 12.6 Å². The molecule has 1 aliphatic rings. The molecule has 0 radical (unpaired) electrons. The summed E-state index contributed by atoms with van der Waals surface area (Å²) in [4.78, 5) is 11.8. The fourth-order valence-electron chi connectivity index (χ4n) is 2.80. The first kappa shape index (κ1) is 16.3. The monoisotopic (exact) mass is 301 g/mol. The molecule has 3 N–H and O–H groups in total. The van der Waals surface area contributed by atoms with E-state index in [4.69, 9.17) is 5.26 Å². The van der Waals surface area contributed by atoms with Crippen LogP contribution < -0.4 is 10.6 Å². The molecule has 0 heterocycles. The van der Waals surface area contributed by atoms with Gasteiger partial charge in [-0.2, -0.15) is 5.26 Å². The number of hydrogen-bond donors (Lipinski definition) is 3. The van der Waals surface area contributed by atoms with Crippen molar-refractivity contribution < 1.29 is 9.90 Å². The van der Waals surface area contributed by atoms with Gasteiger partial charge in [-0.15, -0.1) is 0 Å². The Morgan fingerprint density at radius 2 is 1.95 bits per heavy atom. The maximum atomic E-state index is 11.8. The van der Waals surface area contributed by atoms with Crippen LogP contribution in [0.1, 0.15) is 49.7 Å². The maximum Gasteiger partial charge on any atom is 0.315 e. The van der Waals surface area contributed by atoms with E-state index < -0.39 is 5.60 Å². The average Bonchev–Trinajstić information content (AvgIpc) is 2.76. The van der Waals surface area contributed by atoms with Gasteiger partial charge in [0.1, 0.15) is 0 Å². The minimum Gasteiger partial charge on any atom is -0.388 e. The van der Waals surface area contributed by atoms with Crippen molar-refractivity contribution in [2.24, 2.45) is 0 Å². The number of urea groups is 1. The van der Waals surface area contributed by atoms with Crippen LogP contribution >= 0.6 is 0 Å². The van der Waals surface area contributed by atoms with E-state index >= 15 is 0 Å². The Morgan fingerprint density at radius 1 is 1.23 bits per heavy atom. The largest absolute Gasteiger partial charge is 0.388 e. The molecule has 0 saturated heterocycles. The smallest absolute Gasteiger partial charge is 0.315 e. The van der Waals surface area contributed by atoms with Gasteiger partial charge in [-0.3, -0.25) is 0 Å². The Morgan fingerprint density at radius 3 is 2.64 bits per heavy atom. The molecule has 118 valence electrons. The van der Waals surface area contributed by atoms with E-state index in [1.54, 1.807) is 18.2 Å². The van der Waals surface area contributed by atoms with E-state index in [1.165, 1.54) is 0 Å². The summed E-state index contributed by atoms with van der Waals surface area (Å²) in [6.07, 6.45) is 5.84. The molecule has 0 aromatic heterocycles. The molecule has 0 spiro atoms. The van der Waals surface area contributed by atoms with Crippen LogP contribution in [0.3, 0.4) is 0 Å². The first-order valence-electron chi connectivity index (χ1n) is 7.84. The highest BCUT2D eigenvalue weighted by atomic mass is 16.3. The van der Waals surface area contributed by atoms with Crippen LogP contribution in [0.2, 0.25) is 0 Å². The zero-order valence-corrected chi connectivity index (χ0v) is 12.8. The van der Waals surface area contributed by atoms with Gasteiger partial charge in [0.05, 0.1) is 17.2 Å². The Kier molecular flexibility index (Phi) is 5.79. The molecule has 2 rings (SSSR count). The number of aliphatic hydroxyl groups is 1. The van der Waals surface area contributed by atoms with E-state index in [2.05, 4.69) is 16.7 Å². The van der Waals surface area contributed by atoms with Gasteiger partial charge in [0.25, 0.3) is 0 Å². The molecule has 1 fully saturated rings. The van der Waals surface area contributed by atoms with Gasteiger partial charge >= 0.3 is 6.03 Å². The van der Waals surface area contributed by atoms with Crippen molar-refractivity contribution in [3.05, 3.63) is 35.4 Å². The van der Waals surface area contributed by atoms with Crippen molar-refractivity contribution in [1.29, 1.82) is 5.26 Å². The third-order valence-electron chi connectivity index (χ3n) is 4.12. The van der Waals surface area contributed by atoms with Gasteiger partial charge in [-0.1, -0.05) is 37.8 Å². The summed E-state index contributed by atoms with van der Waals surface area (Å²) < 4.78 is 0. The quantitative estimate of drug-likeness (QED) is 0.747. The van der Waals surface area contributed by atoms with Gasteiger partial charge < -0.3 is 15.7 Å².